The number of carbonyl (C=O) groups is 3. The van der Waals surface area contributed by atoms with E-state index in [0.29, 0.717) is 25.0 Å². The molecule has 0 spiro atoms. The van der Waals surface area contributed by atoms with Crippen LogP contribution in [0.3, 0.4) is 0 Å². The largest absolute Gasteiger partial charge is 0.295 e. The third-order valence-electron chi connectivity index (χ3n) is 5.60. The summed E-state index contributed by atoms with van der Waals surface area (Å²) in [6.45, 7) is 1.84. The Hall–Kier alpha value is -3.01. The lowest BCUT2D eigenvalue weighted by molar-refractivity contribution is -0.140. The molecule has 2 aromatic rings. The first-order valence-corrected chi connectivity index (χ1v) is 9.24. The average molecular weight is 359 g/mol. The minimum absolute atomic E-state index is 0.0194. The Balaban J connectivity index is 1.66. The van der Waals surface area contributed by atoms with E-state index in [2.05, 4.69) is 0 Å². The van der Waals surface area contributed by atoms with E-state index < -0.39 is 5.92 Å². The zero-order chi connectivity index (χ0) is 19.0. The summed E-state index contributed by atoms with van der Waals surface area (Å²) in [6.07, 6.45) is 0.791. The number of imide groups is 1. The molecule has 0 unspecified atom stereocenters. The number of fused-ring (bicyclic) bond motifs is 1. The van der Waals surface area contributed by atoms with Gasteiger partial charge in [-0.3, -0.25) is 19.3 Å². The molecule has 1 saturated heterocycles. The van der Waals surface area contributed by atoms with E-state index in [1.807, 2.05) is 60.7 Å². The first-order valence-electron chi connectivity index (χ1n) is 9.24. The minimum atomic E-state index is -0.424. The quantitative estimate of drug-likeness (QED) is 0.784. The molecular weight excluding hydrogens is 338 g/mol. The van der Waals surface area contributed by atoms with Gasteiger partial charge in [-0.25, -0.2) is 0 Å². The van der Waals surface area contributed by atoms with Crippen molar-refractivity contribution in [2.75, 3.05) is 0 Å². The van der Waals surface area contributed by atoms with Crippen LogP contribution in [0.1, 0.15) is 30.9 Å². The molecule has 0 saturated carbocycles. The number of Topliss-reactive ketones (excluding diaryl/α,β-unsaturated/α-hetero) is 1. The van der Waals surface area contributed by atoms with Crippen molar-refractivity contribution in [2.45, 2.75) is 26.3 Å². The number of hydrogen-bond donors (Lipinski definition) is 0. The van der Waals surface area contributed by atoms with Crippen LogP contribution < -0.4 is 0 Å². The maximum absolute atomic E-state index is 13.0. The molecule has 1 fully saturated rings. The molecule has 0 radical (unpaired) electrons. The first-order chi connectivity index (χ1) is 13.1. The van der Waals surface area contributed by atoms with Crippen molar-refractivity contribution in [1.29, 1.82) is 0 Å². The Morgan fingerprint density at radius 1 is 0.889 bits per heavy atom. The summed E-state index contributed by atoms with van der Waals surface area (Å²) in [7, 11) is 0. The van der Waals surface area contributed by atoms with Gasteiger partial charge in [0.15, 0.2) is 5.78 Å². The molecule has 1 aliphatic heterocycles. The molecule has 2 atom stereocenters. The molecule has 0 bridgehead atoms. The normalized spacial score (nSPS) is 22.2. The molecular formula is C23H21NO3. The first kappa shape index (κ1) is 17.4. The van der Waals surface area contributed by atoms with Crippen LogP contribution in [-0.2, 0) is 20.9 Å². The molecule has 4 nitrogen and oxygen atoms in total. The van der Waals surface area contributed by atoms with Gasteiger partial charge in [0.2, 0.25) is 11.8 Å². The number of likely N-dealkylation sites (tertiary alicyclic amines) is 1. The number of amides is 2. The van der Waals surface area contributed by atoms with Gasteiger partial charge < -0.3 is 0 Å². The minimum Gasteiger partial charge on any atom is -0.295 e. The number of nitrogens with zero attached hydrogens (tertiary/aromatic N) is 1. The monoisotopic (exact) mass is 359 g/mol. The topological polar surface area (TPSA) is 54.5 Å². The van der Waals surface area contributed by atoms with E-state index in [-0.39, 0.29) is 23.5 Å². The fourth-order valence-electron chi connectivity index (χ4n) is 4.21. The summed E-state index contributed by atoms with van der Waals surface area (Å²) < 4.78 is 0. The van der Waals surface area contributed by atoms with Crippen LogP contribution in [0.4, 0.5) is 0 Å². The Kier molecular flexibility index (Phi) is 4.48. The van der Waals surface area contributed by atoms with E-state index in [4.69, 9.17) is 0 Å². The molecule has 2 aliphatic rings. The van der Waals surface area contributed by atoms with Crippen molar-refractivity contribution in [3.8, 4) is 0 Å². The van der Waals surface area contributed by atoms with Gasteiger partial charge in [0.05, 0.1) is 18.4 Å². The summed E-state index contributed by atoms with van der Waals surface area (Å²) in [6, 6.07) is 19.2. The standard InChI is InChI=1S/C23H21NO3/c1-15(25)18-12-20-21(13-19(18)17-10-6-3-7-11-17)23(27)24(22(20)26)14-16-8-4-2-5-9-16/h2-11,20-21H,12-14H2,1H3/t20-,21+/m1/s1. The van der Waals surface area contributed by atoms with Crippen molar-refractivity contribution in [1.82, 2.24) is 4.90 Å². The predicted octanol–water partition coefficient (Wildman–Crippen LogP) is 3.62. The van der Waals surface area contributed by atoms with E-state index >= 15 is 0 Å². The smallest absolute Gasteiger partial charge is 0.233 e. The van der Waals surface area contributed by atoms with Gasteiger partial charge in [-0.05, 0) is 42.0 Å². The molecule has 0 aromatic heterocycles. The van der Waals surface area contributed by atoms with Gasteiger partial charge in [-0.2, -0.15) is 0 Å². The zero-order valence-electron chi connectivity index (χ0n) is 15.2. The van der Waals surface area contributed by atoms with Gasteiger partial charge in [0.25, 0.3) is 0 Å². The third-order valence-corrected chi connectivity index (χ3v) is 5.60. The molecule has 27 heavy (non-hydrogen) atoms. The second kappa shape index (κ2) is 6.95. The van der Waals surface area contributed by atoms with Crippen molar-refractivity contribution >= 4 is 23.2 Å². The molecule has 0 N–H and O–H groups in total. The molecule has 2 aromatic carbocycles. The lowest BCUT2D eigenvalue weighted by atomic mass is 9.74. The van der Waals surface area contributed by atoms with Gasteiger partial charge >= 0.3 is 0 Å². The van der Waals surface area contributed by atoms with Crippen LogP contribution in [0.2, 0.25) is 0 Å². The summed E-state index contributed by atoms with van der Waals surface area (Å²) >= 11 is 0. The highest BCUT2D eigenvalue weighted by molar-refractivity contribution is 6.10. The number of rotatable bonds is 4. The fraction of sp³-hybridized carbons (Fsp3) is 0.261. The van der Waals surface area contributed by atoms with Crippen LogP contribution in [-0.4, -0.2) is 22.5 Å². The molecule has 2 amide bonds. The van der Waals surface area contributed by atoms with Crippen molar-refractivity contribution in [3.05, 3.63) is 77.4 Å². The second-order valence-corrected chi connectivity index (χ2v) is 7.25. The lowest BCUT2D eigenvalue weighted by Crippen LogP contribution is -2.30. The second-order valence-electron chi connectivity index (χ2n) is 7.25. The van der Waals surface area contributed by atoms with Crippen molar-refractivity contribution < 1.29 is 14.4 Å². The van der Waals surface area contributed by atoms with E-state index in [1.54, 1.807) is 6.92 Å². The molecule has 1 aliphatic carbocycles. The van der Waals surface area contributed by atoms with Crippen LogP contribution in [0, 0.1) is 11.8 Å². The van der Waals surface area contributed by atoms with Crippen molar-refractivity contribution in [2.24, 2.45) is 11.8 Å². The van der Waals surface area contributed by atoms with Gasteiger partial charge in [-0.15, -0.1) is 0 Å². The summed E-state index contributed by atoms with van der Waals surface area (Å²) in [5, 5.41) is 0. The number of carbonyl (C=O) groups excluding carboxylic acids is 3. The zero-order valence-corrected chi connectivity index (χ0v) is 15.2. The Morgan fingerprint density at radius 3 is 2.04 bits per heavy atom. The maximum atomic E-state index is 13.0. The highest BCUT2D eigenvalue weighted by Gasteiger charge is 2.50. The Bertz CT molecular complexity index is 931. The van der Waals surface area contributed by atoms with Gasteiger partial charge in [0.1, 0.15) is 0 Å². The number of ketones is 1. The molecule has 4 rings (SSSR count). The van der Waals surface area contributed by atoms with Crippen LogP contribution in [0.5, 0.6) is 0 Å². The Morgan fingerprint density at radius 2 is 1.44 bits per heavy atom. The molecule has 136 valence electrons. The van der Waals surface area contributed by atoms with Gasteiger partial charge in [0, 0.05) is 0 Å². The fourth-order valence-corrected chi connectivity index (χ4v) is 4.21. The number of allylic oxidation sites excluding steroid dienone is 2. The summed E-state index contributed by atoms with van der Waals surface area (Å²) in [5.41, 5.74) is 3.49. The molecule has 4 heteroatoms. The van der Waals surface area contributed by atoms with E-state index in [1.165, 1.54) is 4.90 Å². The third kappa shape index (κ3) is 3.12. The summed E-state index contributed by atoms with van der Waals surface area (Å²) in [5.74, 6) is -1.09. The van der Waals surface area contributed by atoms with Crippen LogP contribution in [0.15, 0.2) is 66.2 Å². The van der Waals surface area contributed by atoms with Crippen LogP contribution >= 0.6 is 0 Å². The number of hydrogen-bond acceptors (Lipinski definition) is 3. The van der Waals surface area contributed by atoms with Crippen LogP contribution in [0.25, 0.3) is 5.57 Å². The predicted molar refractivity (Wildman–Crippen MR) is 102 cm³/mol. The van der Waals surface area contributed by atoms with Gasteiger partial charge in [-0.1, -0.05) is 60.7 Å². The highest BCUT2D eigenvalue weighted by atomic mass is 16.2. The van der Waals surface area contributed by atoms with Crippen molar-refractivity contribution in [3.63, 3.8) is 0 Å². The Labute approximate surface area is 158 Å². The van der Waals surface area contributed by atoms with E-state index in [9.17, 15) is 14.4 Å². The maximum Gasteiger partial charge on any atom is 0.233 e. The lowest BCUT2D eigenvalue weighted by Gasteiger charge is -2.26. The van der Waals surface area contributed by atoms with E-state index in [0.717, 1.165) is 16.7 Å². The molecule has 1 heterocycles. The SMILES string of the molecule is CC(=O)C1=C(c2ccccc2)C[C@@H]2C(=O)N(Cc3ccccc3)C(=O)[C@@H]2C1. The average Bonchev–Trinajstić information content (AvgIpc) is 2.93. The number of benzene rings is 2. The highest BCUT2D eigenvalue weighted by Crippen LogP contribution is 2.44. The summed E-state index contributed by atoms with van der Waals surface area (Å²) in [4.78, 5) is 39.6.